The Morgan fingerprint density at radius 3 is 2.65 bits per heavy atom. The minimum absolute atomic E-state index is 0.0947. The van der Waals surface area contributed by atoms with E-state index in [0.717, 1.165) is 11.6 Å². The van der Waals surface area contributed by atoms with Gasteiger partial charge in [-0.2, -0.15) is 0 Å². The van der Waals surface area contributed by atoms with E-state index in [1.807, 2.05) is 4.72 Å². The Balaban J connectivity index is 2.31. The quantitative estimate of drug-likeness (QED) is 0.819. The van der Waals surface area contributed by atoms with Crippen molar-refractivity contribution in [2.45, 2.75) is 19.8 Å². The van der Waals surface area contributed by atoms with Crippen molar-refractivity contribution < 1.29 is 22.4 Å². The van der Waals surface area contributed by atoms with Crippen LogP contribution in [-0.2, 0) is 21.2 Å². The molecule has 0 radical (unpaired) electrons. The van der Waals surface area contributed by atoms with E-state index in [4.69, 9.17) is 9.15 Å². The van der Waals surface area contributed by atoms with E-state index in [1.54, 1.807) is 25.1 Å². The van der Waals surface area contributed by atoms with Gasteiger partial charge in [0.1, 0.15) is 11.3 Å². The number of methoxy groups -OCH3 is 1. The predicted molar refractivity (Wildman–Crippen MR) is 85.1 cm³/mol. The molecule has 1 heterocycles. The number of hydrogen-bond donors (Lipinski definition) is 1. The van der Waals surface area contributed by atoms with E-state index in [9.17, 15) is 18.0 Å². The van der Waals surface area contributed by atoms with Crippen LogP contribution >= 0.6 is 0 Å². The highest BCUT2D eigenvalue weighted by Crippen LogP contribution is 2.24. The highest BCUT2D eigenvalue weighted by molar-refractivity contribution is 7.89. The molecule has 1 N–H and O–H groups in total. The number of ether oxygens (including phenoxy) is 1. The van der Waals surface area contributed by atoms with Crippen molar-refractivity contribution >= 4 is 26.9 Å². The third-order valence-electron chi connectivity index (χ3n) is 3.40. The molecular weight excluding hydrogens is 322 g/mol. The van der Waals surface area contributed by atoms with Gasteiger partial charge in [0.25, 0.3) is 0 Å². The van der Waals surface area contributed by atoms with Gasteiger partial charge in [0.2, 0.25) is 15.9 Å². The smallest absolute Gasteiger partial charge is 0.339 e. The molecule has 0 saturated carbocycles. The van der Waals surface area contributed by atoms with Crippen molar-refractivity contribution in [2.75, 3.05) is 13.4 Å². The monoisotopic (exact) mass is 339 g/mol. The van der Waals surface area contributed by atoms with Gasteiger partial charge in [0, 0.05) is 23.4 Å². The van der Waals surface area contributed by atoms with E-state index >= 15 is 0 Å². The van der Waals surface area contributed by atoms with Crippen LogP contribution in [0.1, 0.15) is 17.5 Å². The van der Waals surface area contributed by atoms with Crippen LogP contribution in [0.25, 0.3) is 11.0 Å². The molecule has 2 rings (SSSR count). The minimum Gasteiger partial charge on any atom is -0.497 e. The lowest BCUT2D eigenvalue weighted by Crippen LogP contribution is -2.30. The molecule has 0 saturated heterocycles. The van der Waals surface area contributed by atoms with Crippen LogP contribution in [0.3, 0.4) is 0 Å². The summed E-state index contributed by atoms with van der Waals surface area (Å²) in [5, 5.41) is 0.740. The van der Waals surface area contributed by atoms with Crippen LogP contribution in [-0.4, -0.2) is 27.7 Å². The van der Waals surface area contributed by atoms with Crippen LogP contribution in [0.15, 0.2) is 27.4 Å². The molecule has 0 aliphatic carbocycles. The van der Waals surface area contributed by atoms with Crippen molar-refractivity contribution in [2.24, 2.45) is 0 Å². The Morgan fingerprint density at radius 2 is 2.04 bits per heavy atom. The molecule has 0 fully saturated rings. The normalized spacial score (nSPS) is 11.4. The number of hydrogen-bond acceptors (Lipinski definition) is 6. The molecule has 23 heavy (non-hydrogen) atoms. The number of aryl methyl sites for hydroxylation is 1. The molecule has 124 valence electrons. The lowest BCUT2D eigenvalue weighted by atomic mass is 10.0. The third-order valence-corrected chi connectivity index (χ3v) is 3.99. The number of carbonyl (C=O) groups excluding carboxylic acids is 1. The van der Waals surface area contributed by atoms with Crippen LogP contribution in [0.2, 0.25) is 0 Å². The summed E-state index contributed by atoms with van der Waals surface area (Å²) in [4.78, 5) is 23.7. The zero-order valence-corrected chi connectivity index (χ0v) is 13.8. The topological polar surface area (TPSA) is 103 Å². The first-order valence-corrected chi connectivity index (χ1v) is 8.71. The highest BCUT2D eigenvalue weighted by atomic mass is 32.2. The van der Waals surface area contributed by atoms with Crippen molar-refractivity contribution in [1.29, 1.82) is 0 Å². The molecule has 0 spiro atoms. The van der Waals surface area contributed by atoms with Crippen molar-refractivity contribution in [1.82, 2.24) is 4.72 Å². The Kier molecular flexibility index (Phi) is 4.74. The molecule has 0 bridgehead atoms. The zero-order chi connectivity index (χ0) is 17.2. The summed E-state index contributed by atoms with van der Waals surface area (Å²) < 4.78 is 34.2. The first kappa shape index (κ1) is 17.0. The van der Waals surface area contributed by atoms with Crippen molar-refractivity contribution in [3.8, 4) is 5.75 Å². The van der Waals surface area contributed by atoms with Gasteiger partial charge in [-0.1, -0.05) is 0 Å². The molecule has 7 nitrogen and oxygen atoms in total. The van der Waals surface area contributed by atoms with Crippen LogP contribution in [0, 0.1) is 6.92 Å². The average Bonchev–Trinajstić information content (AvgIpc) is 2.44. The summed E-state index contributed by atoms with van der Waals surface area (Å²) in [6, 6.07) is 5.13. The molecule has 0 atom stereocenters. The Labute approximate surface area is 133 Å². The van der Waals surface area contributed by atoms with Gasteiger partial charge in [0.15, 0.2) is 0 Å². The van der Waals surface area contributed by atoms with Crippen molar-refractivity contribution in [3.05, 3.63) is 39.7 Å². The number of carbonyl (C=O) groups is 1. The first-order chi connectivity index (χ1) is 10.7. The van der Waals surface area contributed by atoms with E-state index in [0.29, 0.717) is 22.5 Å². The number of amides is 1. The predicted octanol–water partition coefficient (Wildman–Crippen LogP) is 1.12. The second-order valence-corrected chi connectivity index (χ2v) is 6.90. The molecular formula is C15H17NO6S. The maximum Gasteiger partial charge on any atom is 0.339 e. The maximum absolute atomic E-state index is 12.1. The molecule has 1 amide bonds. The fourth-order valence-corrected chi connectivity index (χ4v) is 2.80. The summed E-state index contributed by atoms with van der Waals surface area (Å²) in [6.07, 6.45) is 0.867. The van der Waals surface area contributed by atoms with Gasteiger partial charge in [-0.15, -0.1) is 0 Å². The average molecular weight is 339 g/mol. The molecule has 0 aliphatic heterocycles. The third kappa shape index (κ3) is 4.10. The molecule has 1 aromatic heterocycles. The van der Waals surface area contributed by atoms with Crippen LogP contribution in [0.5, 0.6) is 5.75 Å². The first-order valence-electron chi connectivity index (χ1n) is 6.82. The summed E-state index contributed by atoms with van der Waals surface area (Å²) in [5.41, 5.74) is 0.906. The van der Waals surface area contributed by atoms with Gasteiger partial charge >= 0.3 is 5.63 Å². The fourth-order valence-electron chi connectivity index (χ4n) is 2.29. The Hall–Kier alpha value is -2.35. The summed E-state index contributed by atoms with van der Waals surface area (Å²) in [5.74, 6) is -0.0959. The number of rotatable bonds is 5. The SMILES string of the molecule is COc1ccc2c(C)c(CCC(=O)NS(C)(=O)=O)c(=O)oc2c1. The molecule has 0 aliphatic rings. The summed E-state index contributed by atoms with van der Waals surface area (Å²) in [6.45, 7) is 1.76. The fraction of sp³-hybridized carbons (Fsp3) is 0.333. The van der Waals surface area contributed by atoms with E-state index in [1.165, 1.54) is 7.11 Å². The maximum atomic E-state index is 12.1. The lowest BCUT2D eigenvalue weighted by molar-refractivity contribution is -0.119. The van der Waals surface area contributed by atoms with Gasteiger partial charge in [-0.3, -0.25) is 9.52 Å². The van der Waals surface area contributed by atoms with Gasteiger partial charge in [0.05, 0.1) is 13.4 Å². The number of sulfonamides is 1. The van der Waals surface area contributed by atoms with Crippen LogP contribution in [0.4, 0.5) is 0 Å². The molecule has 2 aromatic rings. The lowest BCUT2D eigenvalue weighted by Gasteiger charge is -2.09. The molecule has 0 unspecified atom stereocenters. The zero-order valence-electron chi connectivity index (χ0n) is 13.0. The standard InChI is InChI=1S/C15H17NO6S/c1-9-11-5-4-10(21-2)8-13(11)22-15(18)12(9)6-7-14(17)16-23(3,19)20/h4-5,8H,6-7H2,1-3H3,(H,16,17). The largest absolute Gasteiger partial charge is 0.497 e. The van der Waals surface area contributed by atoms with Gasteiger partial charge in [-0.05, 0) is 31.0 Å². The summed E-state index contributed by atoms with van der Waals surface area (Å²) in [7, 11) is -2.09. The Bertz CT molecular complexity index is 913. The number of fused-ring (bicyclic) bond motifs is 1. The number of benzene rings is 1. The van der Waals surface area contributed by atoms with Gasteiger partial charge in [-0.25, -0.2) is 13.2 Å². The molecule has 1 aromatic carbocycles. The highest BCUT2D eigenvalue weighted by Gasteiger charge is 2.15. The second kappa shape index (κ2) is 6.41. The van der Waals surface area contributed by atoms with Crippen molar-refractivity contribution in [3.63, 3.8) is 0 Å². The summed E-state index contributed by atoms with van der Waals surface area (Å²) >= 11 is 0. The van der Waals surface area contributed by atoms with Gasteiger partial charge < -0.3 is 9.15 Å². The molecule has 8 heteroatoms. The number of nitrogens with one attached hydrogen (secondary N) is 1. The van der Waals surface area contributed by atoms with Crippen LogP contribution < -0.4 is 15.1 Å². The van der Waals surface area contributed by atoms with E-state index < -0.39 is 21.6 Å². The Morgan fingerprint density at radius 1 is 1.35 bits per heavy atom. The van der Waals surface area contributed by atoms with E-state index in [-0.39, 0.29) is 12.8 Å². The second-order valence-electron chi connectivity index (χ2n) is 5.15. The minimum atomic E-state index is -3.61. The van der Waals surface area contributed by atoms with E-state index in [2.05, 4.69) is 0 Å².